The number of carbonyl (C=O) groups excluding carboxylic acids is 1. The summed E-state index contributed by atoms with van der Waals surface area (Å²) in [5, 5.41) is 5.64. The zero-order valence-corrected chi connectivity index (χ0v) is 16.2. The van der Waals surface area contributed by atoms with Crippen LogP contribution in [0.5, 0.6) is 5.75 Å². The van der Waals surface area contributed by atoms with Crippen molar-refractivity contribution in [3.05, 3.63) is 72.2 Å². The van der Waals surface area contributed by atoms with Crippen LogP contribution in [0, 0.1) is 0 Å². The Balaban J connectivity index is 1.79. The predicted molar refractivity (Wildman–Crippen MR) is 107 cm³/mol. The van der Waals surface area contributed by atoms with Crippen molar-refractivity contribution in [1.82, 2.24) is 9.97 Å². The van der Waals surface area contributed by atoms with Gasteiger partial charge in [0.25, 0.3) is 0 Å². The van der Waals surface area contributed by atoms with Crippen molar-refractivity contribution in [2.75, 3.05) is 17.7 Å². The first kappa shape index (κ1) is 21.1. The standard InChI is InChI=1S/C21H19F3N4O2/c1-13(20(29)28-19-6-7-25-12-26-19)14-4-3-5-16(8-14)27-17-9-15(21(22,23)24)10-18(11-17)30-2/h3-13,27H,1-2H3,(H,25,26,28,29). The van der Waals surface area contributed by atoms with Crippen LogP contribution in [0.4, 0.5) is 30.4 Å². The third-order valence-corrected chi connectivity index (χ3v) is 4.37. The number of hydrogen-bond donors (Lipinski definition) is 2. The fraction of sp³-hybridized carbons (Fsp3) is 0.190. The van der Waals surface area contributed by atoms with Crippen molar-refractivity contribution >= 4 is 23.1 Å². The number of methoxy groups -OCH3 is 1. The van der Waals surface area contributed by atoms with E-state index in [2.05, 4.69) is 20.6 Å². The summed E-state index contributed by atoms with van der Waals surface area (Å²) in [7, 11) is 1.30. The van der Waals surface area contributed by atoms with Crippen LogP contribution in [-0.2, 0) is 11.0 Å². The molecule has 0 saturated heterocycles. The highest BCUT2D eigenvalue weighted by atomic mass is 19.4. The molecule has 0 bridgehead atoms. The van der Waals surface area contributed by atoms with Gasteiger partial charge >= 0.3 is 6.18 Å². The van der Waals surface area contributed by atoms with Crippen LogP contribution in [0.2, 0.25) is 0 Å². The number of ether oxygens (including phenoxy) is 1. The lowest BCUT2D eigenvalue weighted by Crippen LogP contribution is -2.19. The smallest absolute Gasteiger partial charge is 0.416 e. The molecule has 3 aromatic rings. The molecule has 9 heteroatoms. The second-order valence-electron chi connectivity index (χ2n) is 6.50. The molecule has 0 spiro atoms. The van der Waals surface area contributed by atoms with Gasteiger partial charge in [-0.2, -0.15) is 13.2 Å². The summed E-state index contributed by atoms with van der Waals surface area (Å²) >= 11 is 0. The summed E-state index contributed by atoms with van der Waals surface area (Å²) in [6, 6.07) is 11.9. The molecule has 6 nitrogen and oxygen atoms in total. The van der Waals surface area contributed by atoms with Crippen molar-refractivity contribution in [3.8, 4) is 5.75 Å². The van der Waals surface area contributed by atoms with Crippen LogP contribution < -0.4 is 15.4 Å². The summed E-state index contributed by atoms with van der Waals surface area (Å²) in [5.74, 6) is -0.322. The second kappa shape index (κ2) is 8.81. The van der Waals surface area contributed by atoms with Gasteiger partial charge in [-0.3, -0.25) is 4.79 Å². The zero-order valence-electron chi connectivity index (χ0n) is 16.2. The van der Waals surface area contributed by atoms with E-state index in [1.54, 1.807) is 37.3 Å². The molecule has 1 amide bonds. The highest BCUT2D eigenvalue weighted by molar-refractivity contribution is 5.94. The van der Waals surface area contributed by atoms with E-state index in [9.17, 15) is 18.0 Å². The first-order chi connectivity index (χ1) is 14.3. The number of amides is 1. The number of aromatic nitrogens is 2. The van der Waals surface area contributed by atoms with Gasteiger partial charge in [-0.05, 0) is 42.8 Å². The average molecular weight is 416 g/mol. The Morgan fingerprint density at radius 1 is 1.10 bits per heavy atom. The van der Waals surface area contributed by atoms with E-state index in [-0.39, 0.29) is 17.3 Å². The molecule has 1 atom stereocenters. The van der Waals surface area contributed by atoms with Gasteiger partial charge in [0.15, 0.2) is 0 Å². The highest BCUT2D eigenvalue weighted by Crippen LogP contribution is 2.35. The van der Waals surface area contributed by atoms with Gasteiger partial charge < -0.3 is 15.4 Å². The molecular weight excluding hydrogens is 397 g/mol. The molecular formula is C21H19F3N4O2. The van der Waals surface area contributed by atoms with E-state index in [4.69, 9.17) is 4.74 Å². The van der Waals surface area contributed by atoms with Gasteiger partial charge in [-0.15, -0.1) is 0 Å². The first-order valence-corrected chi connectivity index (χ1v) is 8.96. The largest absolute Gasteiger partial charge is 0.497 e. The molecule has 0 aliphatic heterocycles. The van der Waals surface area contributed by atoms with Gasteiger partial charge in [-0.1, -0.05) is 12.1 Å². The van der Waals surface area contributed by atoms with Crippen molar-refractivity contribution < 1.29 is 22.7 Å². The van der Waals surface area contributed by atoms with Crippen LogP contribution in [0.25, 0.3) is 0 Å². The summed E-state index contributed by atoms with van der Waals surface area (Å²) in [6.45, 7) is 1.73. The molecule has 1 unspecified atom stereocenters. The Hall–Kier alpha value is -3.62. The summed E-state index contributed by atoms with van der Waals surface area (Å²) in [4.78, 5) is 20.2. The second-order valence-corrected chi connectivity index (χ2v) is 6.50. The minimum Gasteiger partial charge on any atom is -0.497 e. The molecule has 0 saturated carbocycles. The lowest BCUT2D eigenvalue weighted by Gasteiger charge is -2.15. The molecule has 0 radical (unpaired) electrons. The maximum atomic E-state index is 13.1. The SMILES string of the molecule is COc1cc(Nc2cccc(C(C)C(=O)Nc3ccncn3)c2)cc(C(F)(F)F)c1. The number of halogens is 3. The fourth-order valence-corrected chi connectivity index (χ4v) is 2.76. The van der Waals surface area contributed by atoms with Gasteiger partial charge in [0.05, 0.1) is 18.6 Å². The summed E-state index contributed by atoms with van der Waals surface area (Å²) < 4.78 is 44.3. The van der Waals surface area contributed by atoms with Crippen LogP contribution in [-0.4, -0.2) is 23.0 Å². The number of alkyl halides is 3. The third-order valence-electron chi connectivity index (χ3n) is 4.37. The number of carbonyl (C=O) groups is 1. The van der Waals surface area contributed by atoms with Crippen molar-refractivity contribution in [2.45, 2.75) is 19.0 Å². The molecule has 0 fully saturated rings. The summed E-state index contributed by atoms with van der Waals surface area (Å²) in [5.41, 5.74) is 0.621. The Morgan fingerprint density at radius 2 is 1.90 bits per heavy atom. The van der Waals surface area contributed by atoms with E-state index in [0.29, 0.717) is 17.1 Å². The van der Waals surface area contributed by atoms with Gasteiger partial charge in [0, 0.05) is 23.6 Å². The molecule has 1 aromatic heterocycles. The number of rotatable bonds is 6. The highest BCUT2D eigenvalue weighted by Gasteiger charge is 2.31. The Bertz CT molecular complexity index is 1030. The predicted octanol–water partition coefficient (Wildman–Crippen LogP) is 4.99. The Kier molecular flexibility index (Phi) is 6.20. The van der Waals surface area contributed by atoms with Crippen molar-refractivity contribution in [1.29, 1.82) is 0 Å². The maximum absolute atomic E-state index is 13.1. The number of anilines is 3. The Labute approximate surface area is 171 Å². The molecule has 0 aliphatic rings. The van der Waals surface area contributed by atoms with Crippen molar-refractivity contribution in [3.63, 3.8) is 0 Å². The maximum Gasteiger partial charge on any atom is 0.416 e. The van der Waals surface area contributed by atoms with Gasteiger partial charge in [0.1, 0.15) is 17.9 Å². The number of benzene rings is 2. The Morgan fingerprint density at radius 3 is 2.57 bits per heavy atom. The molecule has 1 heterocycles. The van der Waals surface area contributed by atoms with Crippen molar-refractivity contribution in [2.24, 2.45) is 0 Å². The van der Waals surface area contributed by atoms with Crippen LogP contribution in [0.3, 0.4) is 0 Å². The molecule has 2 aromatic carbocycles. The molecule has 0 aliphatic carbocycles. The lowest BCUT2D eigenvalue weighted by atomic mass is 9.99. The zero-order chi connectivity index (χ0) is 21.7. The van der Waals surface area contributed by atoms with E-state index < -0.39 is 17.7 Å². The average Bonchev–Trinajstić information content (AvgIpc) is 2.73. The van der Waals surface area contributed by atoms with Gasteiger partial charge in [0.2, 0.25) is 5.91 Å². The molecule has 3 rings (SSSR count). The third kappa shape index (κ3) is 5.25. The number of hydrogen-bond acceptors (Lipinski definition) is 5. The van der Waals surface area contributed by atoms with E-state index in [0.717, 1.165) is 12.1 Å². The lowest BCUT2D eigenvalue weighted by molar-refractivity contribution is -0.137. The van der Waals surface area contributed by atoms with E-state index >= 15 is 0 Å². The van der Waals surface area contributed by atoms with Crippen LogP contribution >= 0.6 is 0 Å². The number of nitrogens with zero attached hydrogens (tertiary/aromatic N) is 2. The fourth-order valence-electron chi connectivity index (χ4n) is 2.76. The normalized spacial score (nSPS) is 12.2. The molecule has 156 valence electrons. The topological polar surface area (TPSA) is 76.1 Å². The van der Waals surface area contributed by atoms with Crippen LogP contribution in [0.1, 0.15) is 24.0 Å². The quantitative estimate of drug-likeness (QED) is 0.592. The van der Waals surface area contributed by atoms with E-state index in [1.165, 1.54) is 25.7 Å². The number of nitrogens with one attached hydrogen (secondary N) is 2. The first-order valence-electron chi connectivity index (χ1n) is 8.96. The monoisotopic (exact) mass is 416 g/mol. The molecule has 2 N–H and O–H groups in total. The molecule has 30 heavy (non-hydrogen) atoms. The van der Waals surface area contributed by atoms with Crippen LogP contribution in [0.15, 0.2) is 61.1 Å². The minimum absolute atomic E-state index is 0.0843. The van der Waals surface area contributed by atoms with Gasteiger partial charge in [-0.25, -0.2) is 9.97 Å². The summed E-state index contributed by atoms with van der Waals surface area (Å²) in [6.07, 6.45) is -1.66. The minimum atomic E-state index is -4.50. The van der Waals surface area contributed by atoms with E-state index in [1.807, 2.05) is 0 Å².